The lowest BCUT2D eigenvalue weighted by Crippen LogP contribution is -2.16. The SMILES string of the molecule is Cc1ccc2nc(NS(=O)(=O)c3ccc(Cl)cc3)c(Nc3cccc(C(F)(F)F)c3)nc2c1. The number of halogens is 4. The number of alkyl halides is 3. The van der Waals surface area contributed by atoms with Gasteiger partial charge in [0.05, 0.1) is 21.5 Å². The van der Waals surface area contributed by atoms with E-state index in [0.717, 1.165) is 17.7 Å². The van der Waals surface area contributed by atoms with Gasteiger partial charge in [-0.15, -0.1) is 0 Å². The Balaban J connectivity index is 1.79. The normalized spacial score (nSPS) is 12.0. The average Bonchev–Trinajstić information content (AvgIpc) is 2.74. The molecule has 0 saturated carbocycles. The first kappa shape index (κ1) is 22.8. The van der Waals surface area contributed by atoms with Crippen molar-refractivity contribution in [1.29, 1.82) is 0 Å². The van der Waals surface area contributed by atoms with Crippen molar-refractivity contribution >= 4 is 50.0 Å². The fraction of sp³-hybridized carbons (Fsp3) is 0.0909. The predicted molar refractivity (Wildman–Crippen MR) is 121 cm³/mol. The van der Waals surface area contributed by atoms with Crippen LogP contribution in [0.1, 0.15) is 11.1 Å². The maximum Gasteiger partial charge on any atom is 0.416 e. The van der Waals surface area contributed by atoms with Gasteiger partial charge in [0.1, 0.15) is 0 Å². The highest BCUT2D eigenvalue weighted by Gasteiger charge is 2.30. The summed E-state index contributed by atoms with van der Waals surface area (Å²) in [7, 11) is -4.08. The fourth-order valence-corrected chi connectivity index (χ4v) is 4.17. The molecule has 3 aromatic carbocycles. The summed E-state index contributed by atoms with van der Waals surface area (Å²) in [6, 6.07) is 15.2. The highest BCUT2D eigenvalue weighted by molar-refractivity contribution is 7.92. The number of nitrogens with zero attached hydrogens (tertiary/aromatic N) is 2. The third-order valence-electron chi connectivity index (χ3n) is 4.63. The Kier molecular flexibility index (Phi) is 5.89. The van der Waals surface area contributed by atoms with Gasteiger partial charge in [-0.3, -0.25) is 4.72 Å². The molecular weight excluding hydrogens is 477 g/mol. The Morgan fingerprint density at radius 1 is 0.879 bits per heavy atom. The van der Waals surface area contributed by atoms with Crippen molar-refractivity contribution in [2.75, 3.05) is 10.0 Å². The van der Waals surface area contributed by atoms with Gasteiger partial charge >= 0.3 is 6.18 Å². The van der Waals surface area contributed by atoms with Crippen LogP contribution in [-0.4, -0.2) is 18.4 Å². The summed E-state index contributed by atoms with van der Waals surface area (Å²) < 4.78 is 67.5. The number of aromatic nitrogens is 2. The minimum absolute atomic E-state index is 0.0510. The number of anilines is 3. The van der Waals surface area contributed by atoms with Gasteiger partial charge in [-0.2, -0.15) is 13.2 Å². The van der Waals surface area contributed by atoms with Gasteiger partial charge in [0.2, 0.25) is 0 Å². The van der Waals surface area contributed by atoms with Gasteiger partial charge in [-0.05, 0) is 67.1 Å². The summed E-state index contributed by atoms with van der Waals surface area (Å²) >= 11 is 5.83. The second kappa shape index (κ2) is 8.53. The van der Waals surface area contributed by atoms with Crippen LogP contribution in [-0.2, 0) is 16.2 Å². The van der Waals surface area contributed by atoms with Crippen LogP contribution in [0.2, 0.25) is 5.02 Å². The van der Waals surface area contributed by atoms with Crippen LogP contribution in [0.25, 0.3) is 11.0 Å². The second-order valence-electron chi connectivity index (χ2n) is 7.18. The van der Waals surface area contributed by atoms with E-state index in [4.69, 9.17) is 11.6 Å². The number of sulfonamides is 1. The van der Waals surface area contributed by atoms with Crippen molar-refractivity contribution in [3.8, 4) is 0 Å². The molecule has 0 atom stereocenters. The van der Waals surface area contributed by atoms with E-state index in [1.807, 2.05) is 6.92 Å². The molecule has 0 radical (unpaired) electrons. The van der Waals surface area contributed by atoms with Gasteiger partial charge in [0, 0.05) is 10.7 Å². The number of hydrogen-bond acceptors (Lipinski definition) is 5. The van der Waals surface area contributed by atoms with Crippen LogP contribution in [0.5, 0.6) is 0 Å². The number of nitrogens with one attached hydrogen (secondary N) is 2. The van der Waals surface area contributed by atoms with Gasteiger partial charge in [-0.25, -0.2) is 18.4 Å². The lowest BCUT2D eigenvalue weighted by Gasteiger charge is -2.15. The number of benzene rings is 3. The Hall–Kier alpha value is -3.37. The highest BCUT2D eigenvalue weighted by atomic mass is 35.5. The number of fused-ring (bicyclic) bond motifs is 1. The van der Waals surface area contributed by atoms with E-state index in [1.165, 1.54) is 36.4 Å². The molecule has 1 heterocycles. The molecule has 4 aromatic rings. The van der Waals surface area contributed by atoms with Crippen LogP contribution in [0, 0.1) is 6.92 Å². The number of rotatable bonds is 5. The zero-order chi connectivity index (χ0) is 23.8. The monoisotopic (exact) mass is 492 g/mol. The third kappa shape index (κ3) is 5.18. The molecular formula is C22H16ClF3N4O2S. The summed E-state index contributed by atoms with van der Waals surface area (Å²) in [6.45, 7) is 1.85. The minimum Gasteiger partial charge on any atom is -0.337 e. The Morgan fingerprint density at radius 2 is 1.58 bits per heavy atom. The molecule has 11 heteroatoms. The quantitative estimate of drug-likeness (QED) is 0.349. The minimum atomic E-state index is -4.54. The van der Waals surface area contributed by atoms with Crippen LogP contribution < -0.4 is 10.0 Å². The van der Waals surface area contributed by atoms with Gasteiger partial charge in [0.15, 0.2) is 11.6 Å². The first-order valence-corrected chi connectivity index (χ1v) is 11.4. The van der Waals surface area contributed by atoms with Crippen LogP contribution in [0.4, 0.5) is 30.5 Å². The van der Waals surface area contributed by atoms with Crippen molar-refractivity contribution in [2.24, 2.45) is 0 Å². The Morgan fingerprint density at radius 3 is 2.27 bits per heavy atom. The van der Waals surface area contributed by atoms with Crippen molar-refractivity contribution in [1.82, 2.24) is 9.97 Å². The molecule has 0 aliphatic carbocycles. The van der Waals surface area contributed by atoms with E-state index in [2.05, 4.69) is 20.0 Å². The van der Waals surface area contributed by atoms with E-state index < -0.39 is 21.8 Å². The summed E-state index contributed by atoms with van der Waals surface area (Å²) in [5.74, 6) is -0.219. The summed E-state index contributed by atoms with van der Waals surface area (Å²) in [5.41, 5.74) is 0.942. The van der Waals surface area contributed by atoms with Gasteiger partial charge in [-0.1, -0.05) is 23.7 Å². The van der Waals surface area contributed by atoms with E-state index in [1.54, 1.807) is 18.2 Å². The molecule has 0 saturated heterocycles. The highest BCUT2D eigenvalue weighted by Crippen LogP contribution is 2.33. The molecule has 6 nitrogen and oxygen atoms in total. The number of aryl methyl sites for hydroxylation is 1. The maximum absolute atomic E-state index is 13.1. The topological polar surface area (TPSA) is 84.0 Å². The van der Waals surface area contributed by atoms with E-state index in [9.17, 15) is 21.6 Å². The standard InChI is InChI=1S/C22H16ClF3N4O2S/c1-13-5-10-18-19(11-13)29-20(27-16-4-2-3-14(12-16)22(24,25)26)21(28-18)30-33(31,32)17-8-6-15(23)7-9-17/h2-12H,1H3,(H,27,29)(H,28,30). The molecule has 2 N–H and O–H groups in total. The summed E-state index contributed by atoms with van der Waals surface area (Å²) in [5, 5.41) is 3.12. The lowest BCUT2D eigenvalue weighted by atomic mass is 10.2. The smallest absolute Gasteiger partial charge is 0.337 e. The third-order valence-corrected chi connectivity index (χ3v) is 6.23. The van der Waals surface area contributed by atoms with E-state index in [0.29, 0.717) is 16.1 Å². The molecule has 33 heavy (non-hydrogen) atoms. The first-order valence-electron chi connectivity index (χ1n) is 9.52. The molecule has 0 aliphatic heterocycles. The van der Waals surface area contributed by atoms with Crippen molar-refractivity contribution in [3.63, 3.8) is 0 Å². The summed E-state index contributed by atoms with van der Waals surface area (Å²) in [6.07, 6.45) is -4.54. The van der Waals surface area contributed by atoms with Crippen LogP contribution in [0.15, 0.2) is 71.6 Å². The molecule has 0 bridgehead atoms. The van der Waals surface area contributed by atoms with Crippen LogP contribution in [0.3, 0.4) is 0 Å². The molecule has 0 amide bonds. The molecule has 170 valence electrons. The molecule has 0 unspecified atom stereocenters. The molecule has 0 aliphatic rings. The molecule has 0 spiro atoms. The maximum atomic E-state index is 13.1. The molecule has 4 rings (SSSR count). The largest absolute Gasteiger partial charge is 0.416 e. The second-order valence-corrected chi connectivity index (χ2v) is 9.29. The number of hydrogen-bond donors (Lipinski definition) is 2. The molecule has 1 aromatic heterocycles. The van der Waals surface area contributed by atoms with Crippen molar-refractivity contribution < 1.29 is 21.6 Å². The first-order chi connectivity index (χ1) is 15.5. The van der Waals surface area contributed by atoms with Gasteiger partial charge < -0.3 is 5.32 Å². The molecule has 0 fully saturated rings. The zero-order valence-corrected chi connectivity index (χ0v) is 18.6. The Bertz CT molecular complexity index is 1440. The van der Waals surface area contributed by atoms with Gasteiger partial charge in [0.25, 0.3) is 10.0 Å². The zero-order valence-electron chi connectivity index (χ0n) is 17.0. The van der Waals surface area contributed by atoms with Crippen molar-refractivity contribution in [2.45, 2.75) is 18.0 Å². The van der Waals surface area contributed by atoms with Crippen molar-refractivity contribution in [3.05, 3.63) is 82.9 Å². The predicted octanol–water partition coefficient (Wildman–Crippen LogP) is 6.15. The van der Waals surface area contributed by atoms with Crippen LogP contribution >= 0.6 is 11.6 Å². The fourth-order valence-electron chi connectivity index (χ4n) is 3.03. The summed E-state index contributed by atoms with van der Waals surface area (Å²) in [4.78, 5) is 8.69. The Labute approximate surface area is 192 Å². The average molecular weight is 493 g/mol. The van der Waals surface area contributed by atoms with E-state index in [-0.39, 0.29) is 22.2 Å². The van der Waals surface area contributed by atoms with E-state index >= 15 is 0 Å². The lowest BCUT2D eigenvalue weighted by molar-refractivity contribution is -0.137.